The molecule has 0 amide bonds. The first-order chi connectivity index (χ1) is 11.8. The van der Waals surface area contributed by atoms with Crippen LogP contribution in [0.3, 0.4) is 0 Å². The number of hydrogen-bond acceptors (Lipinski definition) is 4. The van der Waals surface area contributed by atoms with Gasteiger partial charge in [-0.1, -0.05) is 46.0 Å². The summed E-state index contributed by atoms with van der Waals surface area (Å²) in [6.07, 6.45) is 16.7. The fraction of sp³-hybridized carbons (Fsp3) is 0.900. The Balaban J connectivity index is 3.54. The zero-order valence-corrected chi connectivity index (χ0v) is 16.3. The van der Waals surface area contributed by atoms with E-state index >= 15 is 0 Å². The summed E-state index contributed by atoms with van der Waals surface area (Å²) in [5, 5.41) is 0. The highest BCUT2D eigenvalue weighted by atomic mass is 16.7. The molecule has 0 atom stereocenters. The normalized spacial score (nSPS) is 11.7. The Kier molecular flexibility index (Phi) is 20.0. The molecule has 0 saturated carbocycles. The maximum absolute atomic E-state index is 5.87. The predicted molar refractivity (Wildman–Crippen MR) is 99.9 cm³/mol. The van der Waals surface area contributed by atoms with Crippen molar-refractivity contribution in [3.63, 3.8) is 0 Å². The fourth-order valence-corrected chi connectivity index (χ4v) is 2.28. The number of unbranched alkanes of at least 4 members (excludes halogenated alkanes) is 7. The Morgan fingerprint density at radius 3 is 2.04 bits per heavy atom. The molecule has 144 valence electrons. The van der Waals surface area contributed by atoms with Crippen molar-refractivity contribution in [2.24, 2.45) is 0 Å². The van der Waals surface area contributed by atoms with E-state index in [1.807, 2.05) is 0 Å². The van der Waals surface area contributed by atoms with Crippen LogP contribution in [-0.2, 0) is 18.9 Å². The van der Waals surface area contributed by atoms with Crippen molar-refractivity contribution >= 4 is 0 Å². The lowest BCUT2D eigenvalue weighted by Gasteiger charge is -2.18. The third kappa shape index (κ3) is 17.8. The van der Waals surface area contributed by atoms with Gasteiger partial charge >= 0.3 is 0 Å². The Morgan fingerprint density at radius 1 is 0.792 bits per heavy atom. The number of ether oxygens (including phenoxy) is 4. The monoisotopic (exact) mass is 344 g/mol. The summed E-state index contributed by atoms with van der Waals surface area (Å²) < 4.78 is 21.6. The van der Waals surface area contributed by atoms with Crippen LogP contribution in [0.4, 0.5) is 0 Å². The van der Waals surface area contributed by atoms with Crippen molar-refractivity contribution in [1.29, 1.82) is 0 Å². The fourth-order valence-electron chi connectivity index (χ4n) is 2.28. The van der Waals surface area contributed by atoms with E-state index in [0.29, 0.717) is 6.79 Å². The smallest absolute Gasteiger partial charge is 0.187 e. The van der Waals surface area contributed by atoms with Crippen molar-refractivity contribution in [3.8, 4) is 0 Å². The van der Waals surface area contributed by atoms with E-state index in [4.69, 9.17) is 18.9 Å². The number of allylic oxidation sites excluding steroid dienone is 1. The Bertz CT molecular complexity index is 246. The quantitative estimate of drug-likeness (QED) is 0.168. The van der Waals surface area contributed by atoms with Gasteiger partial charge < -0.3 is 18.9 Å². The molecule has 0 unspecified atom stereocenters. The summed E-state index contributed by atoms with van der Waals surface area (Å²) in [5.41, 5.74) is 0. The predicted octanol–water partition coefficient (Wildman–Crippen LogP) is 5.81. The Labute approximate surface area is 149 Å². The van der Waals surface area contributed by atoms with Gasteiger partial charge in [-0.05, 0) is 44.6 Å². The molecule has 0 N–H and O–H groups in total. The molecule has 0 saturated heterocycles. The first-order valence-electron chi connectivity index (χ1n) is 9.83. The zero-order valence-electron chi connectivity index (χ0n) is 16.3. The van der Waals surface area contributed by atoms with E-state index in [-0.39, 0.29) is 6.29 Å². The van der Waals surface area contributed by atoms with Crippen molar-refractivity contribution in [2.45, 2.75) is 90.8 Å². The average molecular weight is 345 g/mol. The van der Waals surface area contributed by atoms with Gasteiger partial charge in [-0.25, -0.2) is 0 Å². The highest BCUT2D eigenvalue weighted by Crippen LogP contribution is 2.13. The van der Waals surface area contributed by atoms with Crippen molar-refractivity contribution in [3.05, 3.63) is 12.3 Å². The molecule has 0 aliphatic rings. The molecule has 0 spiro atoms. The van der Waals surface area contributed by atoms with Crippen molar-refractivity contribution in [1.82, 2.24) is 0 Å². The Morgan fingerprint density at radius 2 is 1.42 bits per heavy atom. The number of hydrogen-bond donors (Lipinski definition) is 0. The minimum Gasteiger partial charge on any atom is -0.476 e. The molecule has 0 aliphatic carbocycles. The minimum atomic E-state index is 0.00367. The van der Waals surface area contributed by atoms with Gasteiger partial charge in [0.25, 0.3) is 0 Å². The minimum absolute atomic E-state index is 0.00367. The molecular formula is C20H40O4. The lowest BCUT2D eigenvalue weighted by Crippen LogP contribution is -2.18. The van der Waals surface area contributed by atoms with Gasteiger partial charge in [-0.3, -0.25) is 0 Å². The molecule has 0 radical (unpaired) electrons. The standard InChI is InChI=1S/C20H40O4/c1-4-6-17-23-20(24-18-7-5-2)15-13-11-9-8-10-12-14-16-22-19-21-3/h14,16,20H,4-13,15,17-19H2,1-3H3. The lowest BCUT2D eigenvalue weighted by molar-refractivity contribution is -0.147. The van der Waals surface area contributed by atoms with Crippen LogP contribution in [0.1, 0.15) is 84.5 Å². The summed E-state index contributed by atoms with van der Waals surface area (Å²) in [7, 11) is 1.63. The zero-order chi connectivity index (χ0) is 17.7. The summed E-state index contributed by atoms with van der Waals surface area (Å²) in [5.74, 6) is 0. The molecule has 0 fully saturated rings. The van der Waals surface area contributed by atoms with Crippen LogP contribution in [0.5, 0.6) is 0 Å². The highest BCUT2D eigenvalue weighted by Gasteiger charge is 2.08. The molecule has 24 heavy (non-hydrogen) atoms. The van der Waals surface area contributed by atoms with Gasteiger partial charge in [0.15, 0.2) is 13.1 Å². The van der Waals surface area contributed by atoms with Gasteiger partial charge in [-0.15, -0.1) is 0 Å². The van der Waals surface area contributed by atoms with E-state index in [2.05, 4.69) is 19.9 Å². The van der Waals surface area contributed by atoms with Crippen LogP contribution >= 0.6 is 0 Å². The van der Waals surface area contributed by atoms with Crippen molar-refractivity contribution < 1.29 is 18.9 Å². The van der Waals surface area contributed by atoms with Gasteiger partial charge in [-0.2, -0.15) is 0 Å². The van der Waals surface area contributed by atoms with Crippen LogP contribution in [0, 0.1) is 0 Å². The second-order valence-electron chi connectivity index (χ2n) is 6.17. The molecule has 4 heteroatoms. The van der Waals surface area contributed by atoms with E-state index < -0.39 is 0 Å². The largest absolute Gasteiger partial charge is 0.476 e. The van der Waals surface area contributed by atoms with Gasteiger partial charge in [0.1, 0.15) is 0 Å². The van der Waals surface area contributed by atoms with Crippen LogP contribution in [0.15, 0.2) is 12.3 Å². The second kappa shape index (κ2) is 20.5. The van der Waals surface area contributed by atoms with E-state index in [0.717, 1.165) is 38.9 Å². The maximum atomic E-state index is 5.87. The molecule has 0 rings (SSSR count). The third-order valence-electron chi connectivity index (χ3n) is 3.79. The molecule has 0 aromatic carbocycles. The maximum Gasteiger partial charge on any atom is 0.187 e. The second-order valence-corrected chi connectivity index (χ2v) is 6.17. The summed E-state index contributed by atoms with van der Waals surface area (Å²) in [6.45, 7) is 6.36. The van der Waals surface area contributed by atoms with Crippen LogP contribution in [0.2, 0.25) is 0 Å². The van der Waals surface area contributed by atoms with Crippen molar-refractivity contribution in [2.75, 3.05) is 27.1 Å². The summed E-state index contributed by atoms with van der Waals surface area (Å²) >= 11 is 0. The number of rotatable bonds is 19. The van der Waals surface area contributed by atoms with Crippen LogP contribution in [-0.4, -0.2) is 33.4 Å². The molecule has 0 aliphatic heterocycles. The van der Waals surface area contributed by atoms with Crippen LogP contribution < -0.4 is 0 Å². The van der Waals surface area contributed by atoms with Gasteiger partial charge in [0.05, 0.1) is 6.26 Å². The molecule has 4 nitrogen and oxygen atoms in total. The molecule has 0 bridgehead atoms. The summed E-state index contributed by atoms with van der Waals surface area (Å²) in [4.78, 5) is 0. The molecule has 0 heterocycles. The van der Waals surface area contributed by atoms with Crippen LogP contribution in [0.25, 0.3) is 0 Å². The SMILES string of the molecule is CCCCOC(CCCCCCCC=COCOC)OCCCC. The number of methoxy groups -OCH3 is 1. The molecule has 0 aromatic heterocycles. The van der Waals surface area contributed by atoms with E-state index in [1.165, 1.54) is 44.9 Å². The highest BCUT2D eigenvalue weighted by molar-refractivity contribution is 4.72. The first kappa shape index (κ1) is 23.4. The third-order valence-corrected chi connectivity index (χ3v) is 3.79. The molecular weight excluding hydrogens is 304 g/mol. The Hall–Kier alpha value is -0.580. The molecule has 0 aromatic rings. The summed E-state index contributed by atoms with van der Waals surface area (Å²) in [6, 6.07) is 0. The first-order valence-corrected chi connectivity index (χ1v) is 9.83. The lowest BCUT2D eigenvalue weighted by atomic mass is 10.1. The van der Waals surface area contributed by atoms with E-state index in [1.54, 1.807) is 13.4 Å². The van der Waals surface area contributed by atoms with E-state index in [9.17, 15) is 0 Å². The average Bonchev–Trinajstić information content (AvgIpc) is 2.59. The van der Waals surface area contributed by atoms with Gasteiger partial charge in [0, 0.05) is 20.3 Å². The topological polar surface area (TPSA) is 36.9 Å². The van der Waals surface area contributed by atoms with Gasteiger partial charge in [0.2, 0.25) is 0 Å².